The summed E-state index contributed by atoms with van der Waals surface area (Å²) >= 11 is 1.26. The van der Waals surface area contributed by atoms with Crippen LogP contribution in [0.2, 0.25) is 0 Å². The number of anilines is 1. The molecule has 36 heavy (non-hydrogen) atoms. The number of benzene rings is 3. The van der Waals surface area contributed by atoms with Gasteiger partial charge in [-0.1, -0.05) is 42.5 Å². The van der Waals surface area contributed by atoms with E-state index in [9.17, 15) is 19.5 Å². The fourth-order valence-corrected chi connectivity index (χ4v) is 5.19. The van der Waals surface area contributed by atoms with Crippen LogP contribution in [-0.4, -0.2) is 45.8 Å². The third-order valence-corrected chi connectivity index (χ3v) is 7.11. The summed E-state index contributed by atoms with van der Waals surface area (Å²) in [5.74, 6) is 3.68. The molecule has 3 aromatic carbocycles. The number of carboxylic acid groups (broad SMARTS) is 1. The van der Waals surface area contributed by atoms with Gasteiger partial charge in [0.05, 0.1) is 17.9 Å². The second-order valence-corrected chi connectivity index (χ2v) is 9.62. The average molecular weight is 503 g/mol. The number of rotatable bonds is 8. The molecule has 184 valence electrons. The molecule has 1 aliphatic rings. The second-order valence-electron chi connectivity index (χ2n) is 8.38. The normalized spacial score (nSPS) is 15.4. The highest BCUT2D eigenvalue weighted by Crippen LogP contribution is 2.36. The van der Waals surface area contributed by atoms with Gasteiger partial charge in [0.1, 0.15) is 0 Å². The number of nitrogens with two attached hydrogens (primary N) is 1. The van der Waals surface area contributed by atoms with Gasteiger partial charge in [0.15, 0.2) is 0 Å². The molecule has 0 bridgehead atoms. The predicted molar refractivity (Wildman–Crippen MR) is 140 cm³/mol. The van der Waals surface area contributed by atoms with Crippen LogP contribution >= 0.6 is 11.8 Å². The maximum atomic E-state index is 13.2. The zero-order valence-corrected chi connectivity index (χ0v) is 20.3. The Hall–Kier alpha value is -4.11. The van der Waals surface area contributed by atoms with Crippen LogP contribution in [0.1, 0.15) is 33.5 Å². The van der Waals surface area contributed by atoms with Gasteiger partial charge in [-0.2, -0.15) is 5.10 Å². The minimum absolute atomic E-state index is 0.193. The van der Waals surface area contributed by atoms with E-state index in [2.05, 4.69) is 10.4 Å². The molecule has 0 saturated carbocycles. The first-order chi connectivity index (χ1) is 17.4. The number of nitrogens with one attached hydrogen (secondary N) is 1. The third-order valence-electron chi connectivity index (χ3n) is 5.81. The molecule has 8 nitrogen and oxygen atoms in total. The summed E-state index contributed by atoms with van der Waals surface area (Å²) in [6.07, 6.45) is 1.90. The number of thioether (sulfide) groups is 1. The number of aliphatic carboxylic acids is 1. The quantitative estimate of drug-likeness (QED) is 0.245. The Kier molecular flexibility index (Phi) is 8.02. The number of amides is 2. The summed E-state index contributed by atoms with van der Waals surface area (Å²) in [5.41, 5.74) is 3.82. The Morgan fingerprint density at radius 1 is 1.11 bits per heavy atom. The summed E-state index contributed by atoms with van der Waals surface area (Å²) in [5, 5.41) is 15.0. The summed E-state index contributed by atoms with van der Waals surface area (Å²) in [6, 6.07) is 22.2. The van der Waals surface area contributed by atoms with Crippen molar-refractivity contribution < 1.29 is 19.5 Å². The summed E-state index contributed by atoms with van der Waals surface area (Å²) < 4.78 is 0. The van der Waals surface area contributed by atoms with Crippen LogP contribution in [0.3, 0.4) is 0 Å². The highest BCUT2D eigenvalue weighted by atomic mass is 32.2. The molecule has 0 spiro atoms. The van der Waals surface area contributed by atoms with Crippen molar-refractivity contribution in [1.29, 1.82) is 0 Å². The Morgan fingerprint density at radius 3 is 2.56 bits per heavy atom. The van der Waals surface area contributed by atoms with Gasteiger partial charge in [-0.15, -0.1) is 11.8 Å². The molecule has 9 heteroatoms. The van der Waals surface area contributed by atoms with Crippen LogP contribution in [0.4, 0.5) is 5.69 Å². The van der Waals surface area contributed by atoms with Crippen LogP contribution in [-0.2, 0) is 22.6 Å². The van der Waals surface area contributed by atoms with Gasteiger partial charge in [0.25, 0.3) is 5.91 Å². The van der Waals surface area contributed by atoms with E-state index in [1.54, 1.807) is 35.2 Å². The molecule has 1 atom stereocenters. The van der Waals surface area contributed by atoms with E-state index in [0.717, 1.165) is 21.6 Å². The molecule has 0 saturated heterocycles. The zero-order valence-electron chi connectivity index (χ0n) is 19.5. The molecule has 4 N–H and O–H groups in total. The Labute approximate surface area is 213 Å². The second kappa shape index (κ2) is 11.5. The SMILES string of the molecule is NN=Cc1ccc(C(=O)Nc2ccc3c(c2)CN(CCc2ccccc2)C(=O)C(CC(=O)O)S3)cc1. The number of hydrazone groups is 1. The van der Waals surface area contributed by atoms with Crippen molar-refractivity contribution >= 4 is 41.4 Å². The first-order valence-electron chi connectivity index (χ1n) is 11.4. The van der Waals surface area contributed by atoms with Gasteiger partial charge < -0.3 is 21.2 Å². The lowest BCUT2D eigenvalue weighted by Gasteiger charge is -2.23. The van der Waals surface area contributed by atoms with Gasteiger partial charge in [-0.05, 0) is 53.4 Å². The number of carbonyl (C=O) groups excluding carboxylic acids is 2. The van der Waals surface area contributed by atoms with Gasteiger partial charge >= 0.3 is 5.97 Å². The van der Waals surface area contributed by atoms with E-state index in [4.69, 9.17) is 5.84 Å². The van der Waals surface area contributed by atoms with E-state index in [-0.39, 0.29) is 18.2 Å². The summed E-state index contributed by atoms with van der Waals surface area (Å²) in [6.45, 7) is 0.801. The molecule has 0 aromatic heterocycles. The van der Waals surface area contributed by atoms with E-state index in [1.807, 2.05) is 42.5 Å². The molecular formula is C27H26N4O4S. The molecule has 0 radical (unpaired) electrons. The highest BCUT2D eigenvalue weighted by molar-refractivity contribution is 8.00. The number of hydrogen-bond acceptors (Lipinski definition) is 6. The van der Waals surface area contributed by atoms with Gasteiger partial charge in [-0.25, -0.2) is 0 Å². The Morgan fingerprint density at radius 2 is 1.86 bits per heavy atom. The molecule has 3 aromatic rings. The Balaban J connectivity index is 1.54. The molecule has 1 unspecified atom stereocenters. The maximum Gasteiger partial charge on any atom is 0.305 e. The number of hydrogen-bond donors (Lipinski definition) is 3. The standard InChI is InChI=1S/C27H26N4O4S/c28-29-16-19-6-8-20(9-7-19)26(34)30-22-10-11-23-21(14-22)17-31(13-12-18-4-2-1-3-5-18)27(35)24(36-23)15-25(32)33/h1-11,14,16,24H,12-13,15,17,28H2,(H,30,34)(H,32,33). The predicted octanol–water partition coefficient (Wildman–Crippen LogP) is 3.75. The van der Waals surface area contributed by atoms with Crippen molar-refractivity contribution in [3.8, 4) is 0 Å². The van der Waals surface area contributed by atoms with Crippen LogP contribution in [0.25, 0.3) is 0 Å². The zero-order chi connectivity index (χ0) is 25.5. The molecule has 0 fully saturated rings. The van der Waals surface area contributed by atoms with Crippen molar-refractivity contribution in [2.45, 2.75) is 29.5 Å². The molecule has 2 amide bonds. The largest absolute Gasteiger partial charge is 0.481 e. The Bertz CT molecular complexity index is 1280. The van der Waals surface area contributed by atoms with Crippen molar-refractivity contribution in [2.75, 3.05) is 11.9 Å². The first kappa shape index (κ1) is 25.0. The van der Waals surface area contributed by atoms with Crippen molar-refractivity contribution in [3.63, 3.8) is 0 Å². The lowest BCUT2D eigenvalue weighted by molar-refractivity contribution is -0.140. The van der Waals surface area contributed by atoms with Crippen molar-refractivity contribution in [3.05, 3.63) is 95.1 Å². The van der Waals surface area contributed by atoms with Crippen LogP contribution in [0.15, 0.2) is 82.8 Å². The van der Waals surface area contributed by atoms with Gasteiger partial charge in [0, 0.05) is 29.2 Å². The number of carbonyl (C=O) groups is 3. The molecule has 1 heterocycles. The van der Waals surface area contributed by atoms with Crippen LogP contribution in [0.5, 0.6) is 0 Å². The van der Waals surface area contributed by atoms with E-state index < -0.39 is 11.2 Å². The molecule has 0 aliphatic carbocycles. The highest BCUT2D eigenvalue weighted by Gasteiger charge is 2.32. The molecular weight excluding hydrogens is 476 g/mol. The summed E-state index contributed by atoms with van der Waals surface area (Å²) in [4.78, 5) is 40.0. The minimum Gasteiger partial charge on any atom is -0.481 e. The summed E-state index contributed by atoms with van der Waals surface area (Å²) in [7, 11) is 0. The molecule has 1 aliphatic heterocycles. The van der Waals surface area contributed by atoms with E-state index >= 15 is 0 Å². The van der Waals surface area contributed by atoms with Crippen LogP contribution < -0.4 is 11.2 Å². The van der Waals surface area contributed by atoms with Crippen LogP contribution in [0, 0.1) is 0 Å². The van der Waals surface area contributed by atoms with Gasteiger partial charge in [0.2, 0.25) is 5.91 Å². The van der Waals surface area contributed by atoms with E-state index in [0.29, 0.717) is 30.8 Å². The van der Waals surface area contributed by atoms with Crippen molar-refractivity contribution in [1.82, 2.24) is 4.90 Å². The fourth-order valence-electron chi connectivity index (χ4n) is 3.98. The third kappa shape index (κ3) is 6.31. The van der Waals surface area contributed by atoms with Crippen molar-refractivity contribution in [2.24, 2.45) is 10.9 Å². The monoisotopic (exact) mass is 502 g/mol. The number of fused-ring (bicyclic) bond motifs is 1. The lowest BCUT2D eigenvalue weighted by Crippen LogP contribution is -2.38. The van der Waals surface area contributed by atoms with Gasteiger partial charge in [-0.3, -0.25) is 14.4 Å². The minimum atomic E-state index is -1.01. The number of carboxylic acids is 1. The fraction of sp³-hybridized carbons (Fsp3) is 0.185. The van der Waals surface area contributed by atoms with E-state index in [1.165, 1.54) is 18.0 Å². The topological polar surface area (TPSA) is 125 Å². The smallest absolute Gasteiger partial charge is 0.305 e. The number of nitrogens with zero attached hydrogens (tertiary/aromatic N) is 2. The molecule has 4 rings (SSSR count). The lowest BCUT2D eigenvalue weighted by atomic mass is 10.1. The maximum absolute atomic E-state index is 13.2. The first-order valence-corrected chi connectivity index (χ1v) is 12.3. The average Bonchev–Trinajstić information content (AvgIpc) is 3.00.